The molecule has 200 valence electrons. The molecule has 0 aromatic heterocycles. The van der Waals surface area contributed by atoms with E-state index in [1.54, 1.807) is 37.3 Å². The van der Waals surface area contributed by atoms with Crippen LogP contribution in [-0.2, 0) is 14.4 Å². The highest BCUT2D eigenvalue weighted by atomic mass is 35.5. The van der Waals surface area contributed by atoms with Crippen LogP contribution in [0.4, 0.5) is 16.2 Å². The van der Waals surface area contributed by atoms with Crippen molar-refractivity contribution in [2.75, 3.05) is 23.4 Å². The summed E-state index contributed by atoms with van der Waals surface area (Å²) in [7, 11) is 0. The largest absolute Gasteiger partial charge is 0.490 e. The molecule has 0 aliphatic carbocycles. The average Bonchev–Trinajstić information content (AvgIpc) is 2.88. The third-order valence-corrected chi connectivity index (χ3v) is 6.01. The lowest BCUT2D eigenvalue weighted by Crippen LogP contribution is -2.54. The number of nitrogens with one attached hydrogen (secondary N) is 2. The Morgan fingerprint density at radius 1 is 1.00 bits per heavy atom. The minimum atomic E-state index is -0.873. The van der Waals surface area contributed by atoms with Gasteiger partial charge in [-0.3, -0.25) is 19.7 Å². The number of amides is 5. The maximum absolute atomic E-state index is 13.1. The Hall–Kier alpha value is -4.63. The van der Waals surface area contributed by atoms with Gasteiger partial charge in [0.1, 0.15) is 5.57 Å². The van der Waals surface area contributed by atoms with E-state index in [-0.39, 0.29) is 23.8 Å². The molecule has 3 aromatic carbocycles. The summed E-state index contributed by atoms with van der Waals surface area (Å²) in [6, 6.07) is 15.8. The lowest BCUT2D eigenvalue weighted by molar-refractivity contribution is -0.122. The summed E-state index contributed by atoms with van der Waals surface area (Å²) in [6.45, 7) is 5.67. The fraction of sp³-hybridized carbons (Fsp3) is 0.172. The van der Waals surface area contributed by atoms with Crippen LogP contribution in [0.5, 0.6) is 11.5 Å². The SMILES string of the molecule is CCOc1cc(/C=C2\C(=O)NC(=O)N(c3cccc(Cl)c3)C2=O)ccc1OCC(=O)Nc1cc(C)ccc1C. The van der Waals surface area contributed by atoms with Crippen molar-refractivity contribution >= 4 is 52.8 Å². The van der Waals surface area contributed by atoms with Gasteiger partial charge in [-0.25, -0.2) is 9.69 Å². The summed E-state index contributed by atoms with van der Waals surface area (Å²) in [5.74, 6) is -1.34. The average molecular weight is 548 g/mol. The first-order chi connectivity index (χ1) is 18.7. The van der Waals surface area contributed by atoms with E-state index in [2.05, 4.69) is 10.6 Å². The number of imide groups is 2. The van der Waals surface area contributed by atoms with Gasteiger partial charge in [-0.2, -0.15) is 0 Å². The summed E-state index contributed by atoms with van der Waals surface area (Å²) in [4.78, 5) is 51.5. The Balaban J connectivity index is 1.54. The topological polar surface area (TPSA) is 114 Å². The minimum absolute atomic E-state index is 0.223. The molecule has 1 fully saturated rings. The van der Waals surface area contributed by atoms with Gasteiger partial charge in [0.25, 0.3) is 17.7 Å². The van der Waals surface area contributed by atoms with Crippen LogP contribution in [0.1, 0.15) is 23.6 Å². The molecule has 3 aromatic rings. The van der Waals surface area contributed by atoms with Gasteiger partial charge in [-0.05, 0) is 79.9 Å². The first-order valence-electron chi connectivity index (χ1n) is 12.1. The van der Waals surface area contributed by atoms with E-state index in [9.17, 15) is 19.2 Å². The van der Waals surface area contributed by atoms with Crippen molar-refractivity contribution in [2.45, 2.75) is 20.8 Å². The predicted molar refractivity (Wildman–Crippen MR) is 148 cm³/mol. The molecule has 1 heterocycles. The number of hydrogen-bond donors (Lipinski definition) is 2. The fourth-order valence-electron chi connectivity index (χ4n) is 3.88. The molecule has 1 aliphatic heterocycles. The van der Waals surface area contributed by atoms with Crippen molar-refractivity contribution in [1.29, 1.82) is 0 Å². The van der Waals surface area contributed by atoms with Crippen LogP contribution in [0.15, 0.2) is 66.2 Å². The van der Waals surface area contributed by atoms with Crippen LogP contribution < -0.4 is 25.0 Å². The molecule has 0 atom stereocenters. The number of anilines is 2. The Bertz CT molecular complexity index is 1500. The molecular formula is C29H26ClN3O6. The van der Waals surface area contributed by atoms with E-state index in [4.69, 9.17) is 21.1 Å². The molecule has 0 saturated carbocycles. The molecule has 1 aliphatic rings. The monoisotopic (exact) mass is 547 g/mol. The number of urea groups is 1. The number of halogens is 1. The predicted octanol–water partition coefficient (Wildman–Crippen LogP) is 5.04. The molecule has 0 spiro atoms. The van der Waals surface area contributed by atoms with Gasteiger partial charge in [0.05, 0.1) is 12.3 Å². The van der Waals surface area contributed by atoms with E-state index in [1.807, 2.05) is 32.0 Å². The first-order valence-corrected chi connectivity index (χ1v) is 12.5. The van der Waals surface area contributed by atoms with E-state index in [0.717, 1.165) is 16.0 Å². The maximum atomic E-state index is 13.1. The highest BCUT2D eigenvalue weighted by Gasteiger charge is 2.36. The Labute approximate surface area is 230 Å². The van der Waals surface area contributed by atoms with Crippen molar-refractivity contribution in [3.63, 3.8) is 0 Å². The van der Waals surface area contributed by atoms with E-state index in [0.29, 0.717) is 34.4 Å². The zero-order valence-corrected chi connectivity index (χ0v) is 22.3. The zero-order valence-electron chi connectivity index (χ0n) is 21.5. The second-order valence-electron chi connectivity index (χ2n) is 8.73. The van der Waals surface area contributed by atoms with Gasteiger partial charge in [0.15, 0.2) is 18.1 Å². The number of aryl methyl sites for hydroxylation is 2. The second kappa shape index (κ2) is 11.8. The number of benzene rings is 3. The number of ether oxygens (including phenoxy) is 2. The molecule has 10 heteroatoms. The number of hydrogen-bond acceptors (Lipinski definition) is 6. The van der Waals surface area contributed by atoms with Crippen LogP contribution in [0.3, 0.4) is 0 Å². The molecule has 1 saturated heterocycles. The molecule has 0 bridgehead atoms. The molecule has 39 heavy (non-hydrogen) atoms. The highest BCUT2D eigenvalue weighted by molar-refractivity contribution is 6.39. The van der Waals surface area contributed by atoms with Crippen LogP contribution in [0.2, 0.25) is 5.02 Å². The van der Waals surface area contributed by atoms with Crippen LogP contribution in [0.25, 0.3) is 6.08 Å². The lowest BCUT2D eigenvalue weighted by atomic mass is 10.1. The number of barbiturate groups is 1. The van der Waals surface area contributed by atoms with E-state index in [1.165, 1.54) is 18.2 Å². The molecule has 0 unspecified atom stereocenters. The molecular weight excluding hydrogens is 522 g/mol. The standard InChI is InChI=1S/C29H26ClN3O6/c1-4-38-25-14-19(10-11-24(25)39-16-26(34)31-23-12-17(2)8-9-18(23)3)13-22-27(35)32-29(37)33(28(22)36)21-7-5-6-20(30)15-21/h5-15H,4,16H2,1-3H3,(H,31,34)(H,32,35,37)/b22-13+. The van der Waals surface area contributed by atoms with Crippen molar-refractivity contribution in [3.8, 4) is 11.5 Å². The second-order valence-corrected chi connectivity index (χ2v) is 9.17. The molecule has 4 rings (SSSR count). The Morgan fingerprint density at radius 3 is 2.54 bits per heavy atom. The Kier molecular flexibility index (Phi) is 8.31. The Morgan fingerprint density at radius 2 is 1.79 bits per heavy atom. The number of carbonyl (C=O) groups is 4. The van der Waals surface area contributed by atoms with Crippen molar-refractivity contribution in [1.82, 2.24) is 5.32 Å². The van der Waals surface area contributed by atoms with Crippen molar-refractivity contribution in [3.05, 3.63) is 87.9 Å². The molecule has 5 amide bonds. The first kappa shape index (κ1) is 27.4. The highest BCUT2D eigenvalue weighted by Crippen LogP contribution is 2.31. The minimum Gasteiger partial charge on any atom is -0.490 e. The van der Waals surface area contributed by atoms with Gasteiger partial charge >= 0.3 is 6.03 Å². The van der Waals surface area contributed by atoms with Crippen LogP contribution in [0, 0.1) is 13.8 Å². The van der Waals surface area contributed by atoms with Crippen LogP contribution >= 0.6 is 11.6 Å². The number of nitrogens with zero attached hydrogens (tertiary/aromatic N) is 1. The lowest BCUT2D eigenvalue weighted by Gasteiger charge is -2.26. The van der Waals surface area contributed by atoms with Crippen LogP contribution in [-0.4, -0.2) is 37.0 Å². The number of rotatable bonds is 8. The van der Waals surface area contributed by atoms with Gasteiger partial charge in [0.2, 0.25) is 0 Å². The third kappa shape index (κ3) is 6.45. The molecule has 2 N–H and O–H groups in total. The van der Waals surface area contributed by atoms with Gasteiger partial charge in [0, 0.05) is 10.7 Å². The zero-order chi connectivity index (χ0) is 28.1. The summed E-state index contributed by atoms with van der Waals surface area (Å²) < 4.78 is 11.4. The summed E-state index contributed by atoms with van der Waals surface area (Å²) in [5, 5.41) is 5.34. The third-order valence-electron chi connectivity index (χ3n) is 5.77. The maximum Gasteiger partial charge on any atom is 0.335 e. The number of carbonyl (C=O) groups excluding carboxylic acids is 4. The smallest absolute Gasteiger partial charge is 0.335 e. The van der Waals surface area contributed by atoms with Gasteiger partial charge in [-0.15, -0.1) is 0 Å². The van der Waals surface area contributed by atoms with Gasteiger partial charge in [-0.1, -0.05) is 35.9 Å². The summed E-state index contributed by atoms with van der Waals surface area (Å²) >= 11 is 6.01. The fourth-order valence-corrected chi connectivity index (χ4v) is 4.06. The molecule has 0 radical (unpaired) electrons. The summed E-state index contributed by atoms with van der Waals surface area (Å²) in [5.41, 5.74) is 3.07. The molecule has 9 nitrogen and oxygen atoms in total. The van der Waals surface area contributed by atoms with Gasteiger partial charge < -0.3 is 14.8 Å². The van der Waals surface area contributed by atoms with Crippen molar-refractivity contribution in [2.24, 2.45) is 0 Å². The van der Waals surface area contributed by atoms with Crippen molar-refractivity contribution < 1.29 is 28.7 Å². The quantitative estimate of drug-likeness (QED) is 0.302. The van der Waals surface area contributed by atoms with E-state index < -0.39 is 17.8 Å². The van der Waals surface area contributed by atoms with E-state index >= 15 is 0 Å². The normalized spacial score (nSPS) is 14.3. The summed E-state index contributed by atoms with van der Waals surface area (Å²) in [6.07, 6.45) is 1.35.